The molecule has 0 aliphatic heterocycles. The van der Waals surface area contributed by atoms with Crippen molar-refractivity contribution < 1.29 is 17.9 Å². The minimum absolute atomic E-state index is 0.0656. The predicted octanol–water partition coefficient (Wildman–Crippen LogP) is 2.78. The lowest BCUT2D eigenvalue weighted by Gasteiger charge is -2.14. The van der Waals surface area contributed by atoms with E-state index in [2.05, 4.69) is 4.72 Å². The Morgan fingerprint density at radius 2 is 1.86 bits per heavy atom. The summed E-state index contributed by atoms with van der Waals surface area (Å²) in [5.41, 5.74) is 0.539. The van der Waals surface area contributed by atoms with Crippen LogP contribution in [0.3, 0.4) is 0 Å². The summed E-state index contributed by atoms with van der Waals surface area (Å²) in [5, 5.41) is 0. The molecule has 1 aliphatic rings. The van der Waals surface area contributed by atoms with Crippen LogP contribution in [0.15, 0.2) is 24.3 Å². The zero-order chi connectivity index (χ0) is 15.3. The molecule has 0 spiro atoms. The lowest BCUT2D eigenvalue weighted by molar-refractivity contribution is 0.136. The normalized spacial score (nSPS) is 17.6. The van der Waals surface area contributed by atoms with E-state index >= 15 is 0 Å². The van der Waals surface area contributed by atoms with Crippen LogP contribution in [0.4, 0.5) is 5.69 Å². The molecule has 1 saturated carbocycles. The third-order valence-corrected chi connectivity index (χ3v) is 5.04. The first-order valence-corrected chi connectivity index (χ1v) is 8.94. The van der Waals surface area contributed by atoms with E-state index in [1.165, 1.54) is 20.0 Å². The molecule has 0 heterocycles. The fourth-order valence-corrected chi connectivity index (χ4v) is 3.73. The smallest absolute Gasteiger partial charge is 0.235 e. The van der Waals surface area contributed by atoms with Gasteiger partial charge in [0.2, 0.25) is 10.0 Å². The molecule has 0 bridgehead atoms. The van der Waals surface area contributed by atoms with Gasteiger partial charge in [0.1, 0.15) is 5.75 Å². The fraction of sp³-hybridized carbons (Fsp3) is 0.600. The molecule has 118 valence electrons. The van der Waals surface area contributed by atoms with Crippen molar-refractivity contribution in [1.29, 1.82) is 0 Å². The molecule has 1 N–H and O–H groups in total. The van der Waals surface area contributed by atoms with Crippen molar-refractivity contribution in [3.8, 4) is 5.75 Å². The minimum Gasteiger partial charge on any atom is -0.490 e. The van der Waals surface area contributed by atoms with Gasteiger partial charge >= 0.3 is 0 Å². The molecule has 6 heteroatoms. The summed E-state index contributed by atoms with van der Waals surface area (Å²) in [4.78, 5) is 0. The summed E-state index contributed by atoms with van der Waals surface area (Å²) < 4.78 is 37.2. The number of benzene rings is 1. The number of ether oxygens (including phenoxy) is 2. The summed E-state index contributed by atoms with van der Waals surface area (Å²) in [6.45, 7) is 1.72. The Kier molecular flexibility index (Phi) is 5.47. The maximum atomic E-state index is 11.9. The predicted molar refractivity (Wildman–Crippen MR) is 83.2 cm³/mol. The van der Waals surface area contributed by atoms with Crippen molar-refractivity contribution in [3.05, 3.63) is 24.3 Å². The lowest BCUT2D eigenvalue weighted by Crippen LogP contribution is -2.25. The SMILES string of the molecule is COC(C)CS(=O)(=O)Nc1ccc(OC2CCCC2)cc1. The number of nitrogens with one attached hydrogen (secondary N) is 1. The minimum atomic E-state index is -3.40. The maximum absolute atomic E-state index is 11.9. The summed E-state index contributed by atoms with van der Waals surface area (Å²) in [6, 6.07) is 7.05. The second kappa shape index (κ2) is 7.13. The molecule has 0 amide bonds. The molecule has 0 radical (unpaired) electrons. The number of hydrogen-bond donors (Lipinski definition) is 1. The van der Waals surface area contributed by atoms with Crippen LogP contribution in [-0.4, -0.2) is 33.5 Å². The van der Waals surface area contributed by atoms with Crippen LogP contribution >= 0.6 is 0 Å². The fourth-order valence-electron chi connectivity index (χ4n) is 2.40. The molecule has 21 heavy (non-hydrogen) atoms. The van der Waals surface area contributed by atoms with E-state index in [0.717, 1.165) is 18.6 Å². The van der Waals surface area contributed by atoms with Crippen molar-refractivity contribution in [2.45, 2.75) is 44.8 Å². The van der Waals surface area contributed by atoms with Crippen molar-refractivity contribution in [2.24, 2.45) is 0 Å². The molecule has 1 fully saturated rings. The highest BCUT2D eigenvalue weighted by atomic mass is 32.2. The van der Waals surface area contributed by atoms with E-state index in [1.807, 2.05) is 0 Å². The van der Waals surface area contributed by atoms with E-state index in [4.69, 9.17) is 9.47 Å². The monoisotopic (exact) mass is 313 g/mol. The molecule has 1 aromatic rings. The van der Waals surface area contributed by atoms with Crippen LogP contribution in [0.25, 0.3) is 0 Å². The molecule has 2 rings (SSSR count). The summed E-state index contributed by atoms with van der Waals surface area (Å²) in [5.74, 6) is 0.721. The van der Waals surface area contributed by atoms with Crippen molar-refractivity contribution >= 4 is 15.7 Å². The standard InChI is InChI=1S/C15H23NO4S/c1-12(19-2)11-21(17,18)16-13-7-9-15(10-8-13)20-14-5-3-4-6-14/h7-10,12,14,16H,3-6,11H2,1-2H3. The highest BCUT2D eigenvalue weighted by Crippen LogP contribution is 2.25. The van der Waals surface area contributed by atoms with Crippen molar-refractivity contribution in [1.82, 2.24) is 0 Å². The summed E-state index contributed by atoms with van der Waals surface area (Å²) in [7, 11) is -1.90. The third kappa shape index (κ3) is 5.21. The molecule has 1 unspecified atom stereocenters. The highest BCUT2D eigenvalue weighted by Gasteiger charge is 2.17. The van der Waals surface area contributed by atoms with E-state index in [0.29, 0.717) is 11.8 Å². The molecule has 0 aromatic heterocycles. The lowest BCUT2D eigenvalue weighted by atomic mass is 10.3. The van der Waals surface area contributed by atoms with Crippen LogP contribution < -0.4 is 9.46 Å². The Labute approximate surface area is 126 Å². The Morgan fingerprint density at radius 3 is 2.43 bits per heavy atom. The molecule has 0 saturated heterocycles. The number of rotatable bonds is 7. The first-order valence-electron chi connectivity index (χ1n) is 7.28. The van der Waals surface area contributed by atoms with Gasteiger partial charge in [-0.15, -0.1) is 0 Å². The van der Waals surface area contributed by atoms with Gasteiger partial charge in [-0.05, 0) is 56.9 Å². The molecule has 1 aromatic carbocycles. The quantitative estimate of drug-likeness (QED) is 0.840. The van der Waals surface area contributed by atoms with Gasteiger partial charge in [0, 0.05) is 12.8 Å². The van der Waals surface area contributed by atoms with Gasteiger partial charge in [0.25, 0.3) is 0 Å². The van der Waals surface area contributed by atoms with Crippen LogP contribution in [0.5, 0.6) is 5.75 Å². The zero-order valence-electron chi connectivity index (χ0n) is 12.5. The topological polar surface area (TPSA) is 64.6 Å². The zero-order valence-corrected chi connectivity index (χ0v) is 13.4. The number of methoxy groups -OCH3 is 1. The van der Waals surface area contributed by atoms with Gasteiger partial charge in [-0.1, -0.05) is 0 Å². The second-order valence-electron chi connectivity index (χ2n) is 5.48. The third-order valence-electron chi connectivity index (χ3n) is 3.59. The van der Waals surface area contributed by atoms with E-state index in [9.17, 15) is 8.42 Å². The van der Waals surface area contributed by atoms with E-state index < -0.39 is 10.0 Å². The van der Waals surface area contributed by atoms with Crippen molar-refractivity contribution in [3.63, 3.8) is 0 Å². The first-order chi connectivity index (χ1) is 9.98. The van der Waals surface area contributed by atoms with Gasteiger partial charge < -0.3 is 9.47 Å². The van der Waals surface area contributed by atoms with E-state index in [1.54, 1.807) is 31.2 Å². The summed E-state index contributed by atoms with van der Waals surface area (Å²) in [6.07, 6.45) is 4.61. The van der Waals surface area contributed by atoms with E-state index in [-0.39, 0.29) is 11.9 Å². The average molecular weight is 313 g/mol. The van der Waals surface area contributed by atoms with Crippen LogP contribution in [-0.2, 0) is 14.8 Å². The largest absolute Gasteiger partial charge is 0.490 e. The van der Waals surface area contributed by atoms with Gasteiger partial charge in [0.05, 0.1) is 18.0 Å². The van der Waals surface area contributed by atoms with Gasteiger partial charge in [-0.3, -0.25) is 4.72 Å². The maximum Gasteiger partial charge on any atom is 0.235 e. The number of sulfonamides is 1. The molecular formula is C15H23NO4S. The Bertz CT molecular complexity index is 535. The second-order valence-corrected chi connectivity index (χ2v) is 7.25. The van der Waals surface area contributed by atoms with Gasteiger partial charge in [-0.25, -0.2) is 8.42 Å². The number of anilines is 1. The highest BCUT2D eigenvalue weighted by molar-refractivity contribution is 7.92. The van der Waals surface area contributed by atoms with Gasteiger partial charge in [-0.2, -0.15) is 0 Å². The Morgan fingerprint density at radius 1 is 1.24 bits per heavy atom. The Balaban J connectivity index is 1.92. The molecule has 5 nitrogen and oxygen atoms in total. The van der Waals surface area contributed by atoms with Crippen LogP contribution in [0.1, 0.15) is 32.6 Å². The van der Waals surface area contributed by atoms with Gasteiger partial charge in [0.15, 0.2) is 0 Å². The number of hydrogen-bond acceptors (Lipinski definition) is 4. The summed E-state index contributed by atoms with van der Waals surface area (Å²) >= 11 is 0. The van der Waals surface area contributed by atoms with Crippen LogP contribution in [0.2, 0.25) is 0 Å². The van der Waals surface area contributed by atoms with Crippen LogP contribution in [0, 0.1) is 0 Å². The molecule has 1 atom stereocenters. The first kappa shape index (κ1) is 16.1. The molecule has 1 aliphatic carbocycles. The Hall–Kier alpha value is -1.27. The van der Waals surface area contributed by atoms with Crippen molar-refractivity contribution in [2.75, 3.05) is 17.6 Å². The molecular weight excluding hydrogens is 290 g/mol. The average Bonchev–Trinajstić information content (AvgIpc) is 2.93.